The van der Waals surface area contributed by atoms with E-state index in [2.05, 4.69) is 57.6 Å². The SMILES string of the molecule is CC/C=C/C(CN1CCN(C2COC2)CC1)C1CCC1CN1CC(c2ccc(Cl)cc2CCC)COc2ccc(C(=O)NS(=O)C(C)C)cc21. The summed E-state index contributed by atoms with van der Waals surface area (Å²) in [6, 6.07) is 12.6. The number of hydrogen-bond acceptors (Lipinski definition) is 7. The predicted octanol–water partition coefficient (Wildman–Crippen LogP) is 6.70. The van der Waals surface area contributed by atoms with Crippen molar-refractivity contribution in [1.82, 2.24) is 14.5 Å². The Morgan fingerprint density at radius 3 is 2.52 bits per heavy atom. The summed E-state index contributed by atoms with van der Waals surface area (Å²) < 4.78 is 27.3. The number of allylic oxidation sites excluding steroid dienone is 1. The van der Waals surface area contributed by atoms with Gasteiger partial charge in [-0.1, -0.05) is 50.1 Å². The summed E-state index contributed by atoms with van der Waals surface area (Å²) in [4.78, 5) is 21.1. The van der Waals surface area contributed by atoms with Gasteiger partial charge in [-0.2, -0.15) is 0 Å². The van der Waals surface area contributed by atoms with Crippen LogP contribution in [-0.2, 0) is 22.1 Å². The molecule has 5 unspecified atom stereocenters. The first-order chi connectivity index (χ1) is 24.2. The Balaban J connectivity index is 1.24. The topological polar surface area (TPSA) is 74.3 Å². The molecule has 3 fully saturated rings. The Labute approximate surface area is 307 Å². The van der Waals surface area contributed by atoms with Crippen molar-refractivity contribution in [2.45, 2.75) is 77.0 Å². The molecular formula is C40H57ClN4O4S. The smallest absolute Gasteiger partial charge is 0.263 e. The number of halogens is 1. The molecule has 10 heteroatoms. The third kappa shape index (κ3) is 8.95. The van der Waals surface area contributed by atoms with Crippen LogP contribution >= 0.6 is 11.6 Å². The second kappa shape index (κ2) is 17.4. The molecule has 5 atom stereocenters. The van der Waals surface area contributed by atoms with Crippen LogP contribution in [0, 0.1) is 17.8 Å². The van der Waals surface area contributed by atoms with Gasteiger partial charge in [0.05, 0.1) is 31.5 Å². The van der Waals surface area contributed by atoms with Crippen molar-refractivity contribution in [3.8, 4) is 5.75 Å². The lowest BCUT2D eigenvalue weighted by Gasteiger charge is -2.47. The van der Waals surface area contributed by atoms with Crippen molar-refractivity contribution < 1.29 is 18.5 Å². The zero-order valence-electron chi connectivity index (χ0n) is 30.5. The second-order valence-electron chi connectivity index (χ2n) is 15.0. The van der Waals surface area contributed by atoms with Gasteiger partial charge in [0, 0.05) is 67.6 Å². The van der Waals surface area contributed by atoms with Gasteiger partial charge in [-0.05, 0) is 98.7 Å². The number of fused-ring (bicyclic) bond motifs is 1. The fourth-order valence-corrected chi connectivity index (χ4v) is 8.82. The minimum atomic E-state index is -1.45. The van der Waals surface area contributed by atoms with E-state index in [-0.39, 0.29) is 17.1 Å². The third-order valence-corrected chi connectivity index (χ3v) is 12.7. The molecule has 6 rings (SSSR count). The zero-order valence-corrected chi connectivity index (χ0v) is 32.0. The number of benzene rings is 2. The van der Waals surface area contributed by atoms with Gasteiger partial charge < -0.3 is 19.3 Å². The maximum Gasteiger partial charge on any atom is 0.263 e. The number of amides is 1. The number of rotatable bonds is 14. The van der Waals surface area contributed by atoms with Crippen LogP contribution in [-0.4, -0.2) is 96.8 Å². The molecule has 1 amide bonds. The quantitative estimate of drug-likeness (QED) is 0.218. The molecule has 0 aromatic heterocycles. The predicted molar refractivity (Wildman–Crippen MR) is 205 cm³/mol. The Morgan fingerprint density at radius 1 is 1.06 bits per heavy atom. The summed E-state index contributed by atoms with van der Waals surface area (Å²) in [7, 11) is -1.45. The number of ether oxygens (including phenoxy) is 2. The minimum Gasteiger partial charge on any atom is -0.491 e. The highest BCUT2D eigenvalue weighted by Gasteiger charge is 2.40. The number of nitrogens with zero attached hydrogens (tertiary/aromatic N) is 3. The van der Waals surface area contributed by atoms with Crippen LogP contribution < -0.4 is 14.4 Å². The van der Waals surface area contributed by atoms with Crippen LogP contribution in [0.25, 0.3) is 0 Å². The molecule has 0 radical (unpaired) electrons. The lowest BCUT2D eigenvalue weighted by molar-refractivity contribution is -0.0782. The van der Waals surface area contributed by atoms with E-state index < -0.39 is 11.0 Å². The monoisotopic (exact) mass is 724 g/mol. The summed E-state index contributed by atoms with van der Waals surface area (Å²) in [5, 5.41) is 0.604. The molecule has 1 saturated carbocycles. The van der Waals surface area contributed by atoms with E-state index in [0.29, 0.717) is 36.0 Å². The first kappa shape index (κ1) is 37.3. The van der Waals surface area contributed by atoms with E-state index >= 15 is 0 Å². The molecule has 2 aromatic rings. The van der Waals surface area contributed by atoms with Gasteiger partial charge in [-0.25, -0.2) is 4.21 Å². The van der Waals surface area contributed by atoms with Crippen molar-refractivity contribution in [2.24, 2.45) is 17.8 Å². The van der Waals surface area contributed by atoms with Gasteiger partial charge in [0.25, 0.3) is 5.91 Å². The number of aryl methyl sites for hydroxylation is 1. The van der Waals surface area contributed by atoms with Crippen LogP contribution in [0.3, 0.4) is 0 Å². The number of anilines is 1. The van der Waals surface area contributed by atoms with E-state index in [9.17, 15) is 9.00 Å². The van der Waals surface area contributed by atoms with E-state index in [1.807, 2.05) is 32.0 Å². The first-order valence-corrected chi connectivity index (χ1v) is 20.6. The largest absolute Gasteiger partial charge is 0.491 e. The van der Waals surface area contributed by atoms with Crippen LogP contribution in [0.2, 0.25) is 5.02 Å². The molecule has 1 aliphatic carbocycles. The van der Waals surface area contributed by atoms with E-state index in [1.165, 1.54) is 24.0 Å². The Bertz CT molecular complexity index is 1510. The first-order valence-electron chi connectivity index (χ1n) is 19.0. The number of carbonyl (C=O) groups excluding carboxylic acids is 1. The summed E-state index contributed by atoms with van der Waals surface area (Å²) in [6.07, 6.45) is 10.4. The molecule has 1 N–H and O–H groups in total. The highest BCUT2D eigenvalue weighted by Crippen LogP contribution is 2.44. The summed E-state index contributed by atoms with van der Waals surface area (Å²) in [5.74, 6) is 2.29. The third-order valence-electron chi connectivity index (χ3n) is 11.2. The molecule has 3 heterocycles. The minimum absolute atomic E-state index is 0.151. The molecule has 0 bridgehead atoms. The zero-order chi connectivity index (χ0) is 35.2. The van der Waals surface area contributed by atoms with Gasteiger partial charge in [-0.15, -0.1) is 0 Å². The Hall–Kier alpha value is -2.43. The van der Waals surface area contributed by atoms with Crippen molar-refractivity contribution in [2.75, 3.05) is 70.5 Å². The van der Waals surface area contributed by atoms with Gasteiger partial charge in [0.1, 0.15) is 16.7 Å². The highest BCUT2D eigenvalue weighted by atomic mass is 35.5. The lowest BCUT2D eigenvalue weighted by atomic mass is 9.66. The standard InChI is InChI=1S/C40H57ClN4O4S/c1-5-7-9-31(22-43-16-18-44(19-17-43)35-26-48-27-35)37-13-10-32(37)23-45-24-33(36-14-12-34(41)20-29(36)8-6-2)25-49-39-15-11-30(21-38(39)45)40(46)42-50(47)28(3)4/h7,9,11-12,14-15,20-21,28,31-33,35,37H,5-6,8,10,13,16-19,22-27H2,1-4H3,(H,42,46)/b9-7+. The molecule has 2 saturated heterocycles. The van der Waals surface area contributed by atoms with E-state index in [4.69, 9.17) is 21.1 Å². The maximum absolute atomic E-state index is 13.3. The summed E-state index contributed by atoms with van der Waals surface area (Å²) >= 11 is 6.49. The summed E-state index contributed by atoms with van der Waals surface area (Å²) in [6.45, 7) is 17.8. The Morgan fingerprint density at radius 2 is 1.86 bits per heavy atom. The average Bonchev–Trinajstić information content (AvgIpc) is 3.24. The van der Waals surface area contributed by atoms with Crippen molar-refractivity contribution in [3.05, 3.63) is 70.3 Å². The van der Waals surface area contributed by atoms with Crippen LogP contribution in [0.15, 0.2) is 48.6 Å². The van der Waals surface area contributed by atoms with Crippen LogP contribution in [0.1, 0.15) is 80.8 Å². The lowest BCUT2D eigenvalue weighted by Crippen LogP contribution is -2.57. The maximum atomic E-state index is 13.3. The molecular weight excluding hydrogens is 668 g/mol. The number of hydrogen-bond donors (Lipinski definition) is 1. The number of piperazine rings is 1. The molecule has 4 aliphatic rings. The van der Waals surface area contributed by atoms with E-state index in [1.54, 1.807) is 6.07 Å². The van der Waals surface area contributed by atoms with Crippen molar-refractivity contribution in [1.29, 1.82) is 0 Å². The number of nitrogens with one attached hydrogen (secondary N) is 1. The van der Waals surface area contributed by atoms with Crippen LogP contribution in [0.4, 0.5) is 5.69 Å². The fraction of sp³-hybridized carbons (Fsp3) is 0.625. The van der Waals surface area contributed by atoms with Crippen molar-refractivity contribution in [3.63, 3.8) is 0 Å². The highest BCUT2D eigenvalue weighted by molar-refractivity contribution is 7.84. The summed E-state index contributed by atoms with van der Waals surface area (Å²) in [5.41, 5.74) is 4.03. The van der Waals surface area contributed by atoms with Crippen LogP contribution in [0.5, 0.6) is 5.75 Å². The fourth-order valence-electron chi connectivity index (χ4n) is 8.08. The van der Waals surface area contributed by atoms with Gasteiger partial charge >= 0.3 is 0 Å². The average molecular weight is 725 g/mol. The Kier molecular flexibility index (Phi) is 13.0. The molecule has 3 aliphatic heterocycles. The normalized spacial score (nSPS) is 24.6. The molecule has 0 spiro atoms. The second-order valence-corrected chi connectivity index (χ2v) is 17.2. The van der Waals surface area contributed by atoms with Gasteiger partial charge in [0.15, 0.2) is 0 Å². The van der Waals surface area contributed by atoms with Gasteiger partial charge in [0.2, 0.25) is 0 Å². The molecule has 2 aromatic carbocycles. The number of carbonyl (C=O) groups is 1. The van der Waals surface area contributed by atoms with Gasteiger partial charge in [-0.3, -0.25) is 14.4 Å². The molecule has 8 nitrogen and oxygen atoms in total. The van der Waals surface area contributed by atoms with E-state index in [0.717, 1.165) is 94.7 Å². The molecule has 274 valence electrons. The molecule has 50 heavy (non-hydrogen) atoms. The van der Waals surface area contributed by atoms with Crippen molar-refractivity contribution >= 4 is 34.2 Å².